The molecule has 94 valence electrons. The Kier molecular flexibility index (Phi) is 2.71. The molecule has 3 rings (SSSR count). The second kappa shape index (κ2) is 4.25. The van der Waals surface area contributed by atoms with Crippen molar-refractivity contribution in [2.45, 2.75) is 31.2 Å². The Morgan fingerprint density at radius 2 is 2.17 bits per heavy atom. The second-order valence-electron chi connectivity index (χ2n) is 5.32. The highest BCUT2D eigenvalue weighted by molar-refractivity contribution is 5.36. The lowest BCUT2D eigenvalue weighted by atomic mass is 9.75. The summed E-state index contributed by atoms with van der Waals surface area (Å²) < 4.78 is 1.84. The monoisotopic (exact) mass is 241 g/mol. The first kappa shape index (κ1) is 11.5. The largest absolute Gasteiger partial charge is 0.321 e. The Morgan fingerprint density at radius 1 is 1.33 bits per heavy atom. The molecule has 0 fully saturated rings. The van der Waals surface area contributed by atoms with E-state index in [0.29, 0.717) is 0 Å². The van der Waals surface area contributed by atoms with Gasteiger partial charge < -0.3 is 5.73 Å². The molecular weight excluding hydrogens is 222 g/mol. The zero-order valence-electron chi connectivity index (χ0n) is 10.8. The van der Waals surface area contributed by atoms with Crippen LogP contribution in [0.2, 0.25) is 0 Å². The van der Waals surface area contributed by atoms with Gasteiger partial charge in [0.1, 0.15) is 0 Å². The number of benzene rings is 1. The molecule has 1 aromatic heterocycles. The normalized spacial score (nSPS) is 22.8. The minimum Gasteiger partial charge on any atom is -0.321 e. The van der Waals surface area contributed by atoms with Crippen LogP contribution in [0.4, 0.5) is 0 Å². The third-order valence-corrected chi connectivity index (χ3v) is 3.89. The molecule has 1 unspecified atom stereocenters. The van der Waals surface area contributed by atoms with Crippen LogP contribution in [0.15, 0.2) is 36.5 Å². The van der Waals surface area contributed by atoms with Crippen molar-refractivity contribution < 1.29 is 0 Å². The van der Waals surface area contributed by atoms with Gasteiger partial charge in [-0.25, -0.2) is 0 Å². The lowest BCUT2D eigenvalue weighted by molar-refractivity contribution is 0.365. The molecule has 1 atom stereocenters. The summed E-state index contributed by atoms with van der Waals surface area (Å²) in [4.78, 5) is 0. The van der Waals surface area contributed by atoms with Gasteiger partial charge in [-0.1, -0.05) is 24.3 Å². The molecule has 1 aliphatic carbocycles. The summed E-state index contributed by atoms with van der Waals surface area (Å²) in [6, 6.07) is 10.6. The van der Waals surface area contributed by atoms with Crippen LogP contribution in [0.1, 0.15) is 29.7 Å². The molecular formula is C15H19N3. The molecule has 18 heavy (non-hydrogen) atoms. The third kappa shape index (κ3) is 1.95. The molecule has 2 aromatic rings. The number of hydrogen-bond donors (Lipinski definition) is 1. The zero-order valence-corrected chi connectivity index (χ0v) is 10.8. The van der Waals surface area contributed by atoms with Crippen molar-refractivity contribution >= 4 is 0 Å². The Hall–Kier alpha value is -1.61. The summed E-state index contributed by atoms with van der Waals surface area (Å²) >= 11 is 0. The number of aryl methyl sites for hydroxylation is 2. The predicted octanol–water partition coefficient (Wildman–Crippen LogP) is 2.15. The van der Waals surface area contributed by atoms with Crippen molar-refractivity contribution in [3.8, 4) is 0 Å². The molecule has 0 spiro atoms. The van der Waals surface area contributed by atoms with Crippen LogP contribution in [-0.4, -0.2) is 9.78 Å². The average Bonchev–Trinajstić information content (AvgIpc) is 2.75. The van der Waals surface area contributed by atoms with Gasteiger partial charge in [-0.3, -0.25) is 4.68 Å². The molecule has 0 aliphatic heterocycles. The first-order valence-corrected chi connectivity index (χ1v) is 6.53. The van der Waals surface area contributed by atoms with E-state index in [1.54, 1.807) is 0 Å². The van der Waals surface area contributed by atoms with E-state index in [4.69, 9.17) is 5.73 Å². The fourth-order valence-corrected chi connectivity index (χ4v) is 3.02. The highest BCUT2D eigenvalue weighted by Crippen LogP contribution is 2.35. The zero-order chi connectivity index (χ0) is 12.6. The lowest BCUT2D eigenvalue weighted by Gasteiger charge is -2.35. The molecule has 0 radical (unpaired) electrons. The van der Waals surface area contributed by atoms with Gasteiger partial charge in [0.15, 0.2) is 0 Å². The standard InChI is InChI=1S/C15H19N3/c1-18-10-8-13(17-18)11-15(16)9-4-6-12-5-2-3-7-14(12)15/h2-3,5,7-8,10H,4,6,9,11,16H2,1H3. The van der Waals surface area contributed by atoms with E-state index in [1.807, 2.05) is 17.9 Å². The molecule has 3 nitrogen and oxygen atoms in total. The summed E-state index contributed by atoms with van der Waals surface area (Å²) in [6.07, 6.45) is 6.16. The maximum atomic E-state index is 6.66. The van der Waals surface area contributed by atoms with Crippen molar-refractivity contribution in [1.82, 2.24) is 9.78 Å². The average molecular weight is 241 g/mol. The maximum Gasteiger partial charge on any atom is 0.0646 e. The van der Waals surface area contributed by atoms with E-state index in [0.717, 1.165) is 25.0 Å². The number of nitrogens with two attached hydrogens (primary N) is 1. The van der Waals surface area contributed by atoms with Crippen LogP contribution in [0.25, 0.3) is 0 Å². The van der Waals surface area contributed by atoms with E-state index in [1.165, 1.54) is 17.5 Å². The summed E-state index contributed by atoms with van der Waals surface area (Å²) in [5.74, 6) is 0. The Bertz CT molecular complexity index is 558. The van der Waals surface area contributed by atoms with Crippen LogP contribution in [0.5, 0.6) is 0 Å². The molecule has 1 aliphatic rings. The Labute approximate surface area is 108 Å². The maximum absolute atomic E-state index is 6.66. The number of fused-ring (bicyclic) bond motifs is 1. The Morgan fingerprint density at radius 3 is 2.94 bits per heavy atom. The Balaban J connectivity index is 1.95. The predicted molar refractivity (Wildman–Crippen MR) is 72.2 cm³/mol. The molecule has 0 amide bonds. The van der Waals surface area contributed by atoms with Gasteiger partial charge in [0.2, 0.25) is 0 Å². The first-order chi connectivity index (χ1) is 8.67. The number of nitrogens with zero attached hydrogens (tertiary/aromatic N) is 2. The van der Waals surface area contributed by atoms with E-state index in [9.17, 15) is 0 Å². The van der Waals surface area contributed by atoms with Crippen molar-refractivity contribution in [3.05, 3.63) is 53.3 Å². The van der Waals surface area contributed by atoms with Gasteiger partial charge in [-0.2, -0.15) is 5.10 Å². The molecule has 3 heteroatoms. The molecule has 2 N–H and O–H groups in total. The lowest BCUT2D eigenvalue weighted by Crippen LogP contribution is -2.42. The quantitative estimate of drug-likeness (QED) is 0.875. The minimum absolute atomic E-state index is 0.247. The highest BCUT2D eigenvalue weighted by Gasteiger charge is 2.33. The minimum atomic E-state index is -0.247. The molecule has 0 saturated heterocycles. The third-order valence-electron chi connectivity index (χ3n) is 3.89. The van der Waals surface area contributed by atoms with Crippen molar-refractivity contribution in [2.24, 2.45) is 12.8 Å². The number of hydrogen-bond acceptors (Lipinski definition) is 2. The van der Waals surface area contributed by atoms with E-state index >= 15 is 0 Å². The molecule has 1 heterocycles. The summed E-state index contributed by atoms with van der Waals surface area (Å²) in [5, 5.41) is 4.46. The molecule has 1 aromatic carbocycles. The summed E-state index contributed by atoms with van der Waals surface area (Å²) in [7, 11) is 1.95. The van der Waals surface area contributed by atoms with Gasteiger partial charge in [0.25, 0.3) is 0 Å². The molecule has 0 saturated carbocycles. The highest BCUT2D eigenvalue weighted by atomic mass is 15.2. The first-order valence-electron chi connectivity index (χ1n) is 6.53. The number of aromatic nitrogens is 2. The van der Waals surface area contributed by atoms with Gasteiger partial charge in [-0.15, -0.1) is 0 Å². The van der Waals surface area contributed by atoms with Crippen molar-refractivity contribution in [3.63, 3.8) is 0 Å². The molecule has 0 bridgehead atoms. The van der Waals surface area contributed by atoms with Crippen LogP contribution in [0.3, 0.4) is 0 Å². The fraction of sp³-hybridized carbons (Fsp3) is 0.400. The van der Waals surface area contributed by atoms with Crippen LogP contribution in [0, 0.1) is 0 Å². The summed E-state index contributed by atoms with van der Waals surface area (Å²) in [5.41, 5.74) is 10.2. The van der Waals surface area contributed by atoms with E-state index < -0.39 is 0 Å². The second-order valence-corrected chi connectivity index (χ2v) is 5.32. The van der Waals surface area contributed by atoms with E-state index in [2.05, 4.69) is 35.4 Å². The van der Waals surface area contributed by atoms with Crippen LogP contribution < -0.4 is 5.73 Å². The van der Waals surface area contributed by atoms with Gasteiger partial charge in [0.05, 0.1) is 5.69 Å². The van der Waals surface area contributed by atoms with Crippen molar-refractivity contribution in [2.75, 3.05) is 0 Å². The topological polar surface area (TPSA) is 43.8 Å². The van der Waals surface area contributed by atoms with Crippen LogP contribution >= 0.6 is 0 Å². The smallest absolute Gasteiger partial charge is 0.0646 e. The summed E-state index contributed by atoms with van der Waals surface area (Å²) in [6.45, 7) is 0. The van der Waals surface area contributed by atoms with Gasteiger partial charge in [-0.05, 0) is 36.5 Å². The van der Waals surface area contributed by atoms with Gasteiger partial charge >= 0.3 is 0 Å². The fourth-order valence-electron chi connectivity index (χ4n) is 3.02. The number of rotatable bonds is 2. The SMILES string of the molecule is Cn1ccc(CC2(N)CCCc3ccccc32)n1. The van der Waals surface area contributed by atoms with Crippen LogP contribution in [-0.2, 0) is 25.4 Å². The van der Waals surface area contributed by atoms with E-state index in [-0.39, 0.29) is 5.54 Å². The van der Waals surface area contributed by atoms with Crippen molar-refractivity contribution in [1.29, 1.82) is 0 Å². The van der Waals surface area contributed by atoms with Gasteiger partial charge in [0, 0.05) is 25.2 Å².